The average molecular weight is 340 g/mol. The Bertz CT molecular complexity index is 388. The lowest BCUT2D eigenvalue weighted by Gasteiger charge is -2.23. The fourth-order valence-corrected chi connectivity index (χ4v) is 3.37. The van der Waals surface area contributed by atoms with Gasteiger partial charge in [-0.1, -0.05) is 47.7 Å². The van der Waals surface area contributed by atoms with Gasteiger partial charge in [0.05, 0.1) is 0 Å². The summed E-state index contributed by atoms with van der Waals surface area (Å²) in [5.41, 5.74) is 0. The minimum atomic E-state index is 0.610. The van der Waals surface area contributed by atoms with E-state index in [0.717, 1.165) is 29.3 Å². The zero-order valence-corrected chi connectivity index (χ0v) is 14.0. The highest BCUT2D eigenvalue weighted by Gasteiger charge is 2.18. The van der Waals surface area contributed by atoms with Crippen molar-refractivity contribution in [2.75, 3.05) is 13.2 Å². The first-order valence-corrected chi connectivity index (χ1v) is 8.67. The number of benzene rings is 1. The molecule has 2 rings (SSSR count). The Labute approximate surface area is 131 Å². The molecule has 1 saturated carbocycles. The lowest BCUT2D eigenvalue weighted by Crippen LogP contribution is -2.36. The van der Waals surface area contributed by atoms with Gasteiger partial charge in [0.25, 0.3) is 0 Å². The molecule has 1 aliphatic rings. The molecule has 0 bridgehead atoms. The van der Waals surface area contributed by atoms with Crippen LogP contribution < -0.4 is 10.1 Å². The van der Waals surface area contributed by atoms with Gasteiger partial charge in [-0.05, 0) is 43.9 Å². The van der Waals surface area contributed by atoms with Crippen LogP contribution >= 0.6 is 15.9 Å². The van der Waals surface area contributed by atoms with Gasteiger partial charge in [0, 0.05) is 17.1 Å². The molecule has 2 nitrogen and oxygen atoms in total. The third-order valence-corrected chi connectivity index (χ3v) is 4.73. The van der Waals surface area contributed by atoms with Crippen molar-refractivity contribution in [1.82, 2.24) is 5.32 Å². The van der Waals surface area contributed by atoms with Gasteiger partial charge in [-0.2, -0.15) is 0 Å². The molecule has 0 aliphatic heterocycles. The number of hydrogen-bond donors (Lipinski definition) is 1. The molecular weight excluding hydrogens is 314 g/mol. The van der Waals surface area contributed by atoms with E-state index in [-0.39, 0.29) is 0 Å². The first-order chi connectivity index (χ1) is 9.75. The first kappa shape index (κ1) is 15.8. The van der Waals surface area contributed by atoms with Crippen molar-refractivity contribution in [2.24, 2.45) is 5.92 Å². The number of nitrogens with one attached hydrogen (secondary N) is 1. The fraction of sp³-hybridized carbons (Fsp3) is 0.647. The largest absolute Gasteiger partial charge is 0.492 e. The predicted molar refractivity (Wildman–Crippen MR) is 88.3 cm³/mol. The van der Waals surface area contributed by atoms with Gasteiger partial charge in [-0.3, -0.25) is 0 Å². The Hall–Kier alpha value is -0.540. The van der Waals surface area contributed by atoms with Crippen LogP contribution in [0.3, 0.4) is 0 Å². The van der Waals surface area contributed by atoms with Gasteiger partial charge in [0.15, 0.2) is 0 Å². The fourth-order valence-electron chi connectivity index (χ4n) is 2.99. The van der Waals surface area contributed by atoms with Crippen LogP contribution in [-0.4, -0.2) is 19.2 Å². The summed E-state index contributed by atoms with van der Waals surface area (Å²) in [7, 11) is 0. The third kappa shape index (κ3) is 5.45. The minimum absolute atomic E-state index is 0.610. The van der Waals surface area contributed by atoms with Crippen molar-refractivity contribution in [1.29, 1.82) is 0 Å². The van der Waals surface area contributed by atoms with E-state index in [1.165, 1.54) is 38.5 Å². The predicted octanol–water partition coefficient (Wildman–Crippen LogP) is 4.78. The highest BCUT2D eigenvalue weighted by Crippen LogP contribution is 2.25. The summed E-state index contributed by atoms with van der Waals surface area (Å²) in [6.45, 7) is 3.98. The maximum atomic E-state index is 5.76. The second-order valence-corrected chi connectivity index (χ2v) is 6.72. The highest BCUT2D eigenvalue weighted by atomic mass is 79.9. The van der Waals surface area contributed by atoms with Crippen LogP contribution in [0, 0.1) is 5.92 Å². The molecule has 0 amide bonds. The molecule has 112 valence electrons. The molecule has 1 atom stereocenters. The van der Waals surface area contributed by atoms with Crippen molar-refractivity contribution in [3.8, 4) is 5.75 Å². The Morgan fingerprint density at radius 3 is 2.70 bits per heavy atom. The van der Waals surface area contributed by atoms with E-state index in [1.54, 1.807) is 0 Å². The molecule has 0 saturated heterocycles. The molecule has 0 unspecified atom stereocenters. The monoisotopic (exact) mass is 339 g/mol. The van der Waals surface area contributed by atoms with Crippen LogP contribution in [0.15, 0.2) is 28.7 Å². The second kappa shape index (κ2) is 8.68. The topological polar surface area (TPSA) is 21.3 Å². The van der Waals surface area contributed by atoms with E-state index in [0.29, 0.717) is 6.04 Å². The molecule has 0 aromatic heterocycles. The molecule has 0 heterocycles. The SMILES string of the molecule is C[C@H](NCCOc1cccc(Br)c1)C1CCCCCC1. The summed E-state index contributed by atoms with van der Waals surface area (Å²) in [5, 5.41) is 3.63. The van der Waals surface area contributed by atoms with Crippen molar-refractivity contribution in [3.05, 3.63) is 28.7 Å². The Balaban J connectivity index is 1.64. The first-order valence-electron chi connectivity index (χ1n) is 7.87. The van der Waals surface area contributed by atoms with Gasteiger partial charge in [-0.15, -0.1) is 0 Å². The van der Waals surface area contributed by atoms with Crippen molar-refractivity contribution in [3.63, 3.8) is 0 Å². The number of halogens is 1. The summed E-state index contributed by atoms with van der Waals surface area (Å²) in [6.07, 6.45) is 8.45. The lowest BCUT2D eigenvalue weighted by molar-refractivity contribution is 0.280. The molecule has 1 N–H and O–H groups in total. The third-order valence-electron chi connectivity index (χ3n) is 4.24. The number of rotatable bonds is 6. The van der Waals surface area contributed by atoms with Crippen molar-refractivity contribution < 1.29 is 4.74 Å². The summed E-state index contributed by atoms with van der Waals surface area (Å²) in [6, 6.07) is 8.63. The van der Waals surface area contributed by atoms with Crippen molar-refractivity contribution in [2.45, 2.75) is 51.5 Å². The Morgan fingerprint density at radius 2 is 2.00 bits per heavy atom. The Kier molecular flexibility index (Phi) is 6.88. The Morgan fingerprint density at radius 1 is 1.25 bits per heavy atom. The molecule has 0 spiro atoms. The van der Waals surface area contributed by atoms with Crippen LogP contribution in [0.4, 0.5) is 0 Å². The van der Waals surface area contributed by atoms with E-state index in [1.807, 2.05) is 24.3 Å². The van der Waals surface area contributed by atoms with Crippen LogP contribution in [0.1, 0.15) is 45.4 Å². The normalized spacial score (nSPS) is 18.5. The standard InChI is InChI=1S/C17H26BrNO/c1-14(15-7-4-2-3-5-8-15)19-11-12-20-17-10-6-9-16(18)13-17/h6,9-10,13-15,19H,2-5,7-8,11-12H2,1H3/t14-/m0/s1. The van der Waals surface area contributed by atoms with Gasteiger partial charge in [0.1, 0.15) is 12.4 Å². The highest BCUT2D eigenvalue weighted by molar-refractivity contribution is 9.10. The minimum Gasteiger partial charge on any atom is -0.492 e. The zero-order valence-electron chi connectivity index (χ0n) is 12.4. The van der Waals surface area contributed by atoms with Crippen LogP contribution in [-0.2, 0) is 0 Å². The van der Waals surface area contributed by atoms with Gasteiger partial charge >= 0.3 is 0 Å². The van der Waals surface area contributed by atoms with E-state index >= 15 is 0 Å². The molecule has 1 aliphatic carbocycles. The number of hydrogen-bond acceptors (Lipinski definition) is 2. The van der Waals surface area contributed by atoms with E-state index in [4.69, 9.17) is 4.74 Å². The summed E-state index contributed by atoms with van der Waals surface area (Å²) in [4.78, 5) is 0. The average Bonchev–Trinajstić information content (AvgIpc) is 2.72. The molecule has 20 heavy (non-hydrogen) atoms. The zero-order chi connectivity index (χ0) is 14.2. The maximum absolute atomic E-state index is 5.76. The quantitative estimate of drug-likeness (QED) is 0.595. The molecule has 1 fully saturated rings. The second-order valence-electron chi connectivity index (χ2n) is 5.80. The van der Waals surface area contributed by atoms with Gasteiger partial charge in [-0.25, -0.2) is 0 Å². The maximum Gasteiger partial charge on any atom is 0.120 e. The summed E-state index contributed by atoms with van der Waals surface area (Å²) >= 11 is 3.46. The smallest absolute Gasteiger partial charge is 0.120 e. The van der Waals surface area contributed by atoms with Crippen LogP contribution in [0.2, 0.25) is 0 Å². The molecular formula is C17H26BrNO. The molecule has 0 radical (unpaired) electrons. The van der Waals surface area contributed by atoms with Crippen molar-refractivity contribution >= 4 is 15.9 Å². The summed E-state index contributed by atoms with van der Waals surface area (Å²) < 4.78 is 6.82. The summed E-state index contributed by atoms with van der Waals surface area (Å²) in [5.74, 6) is 1.78. The molecule has 3 heteroatoms. The lowest BCUT2D eigenvalue weighted by atomic mass is 9.93. The van der Waals surface area contributed by atoms with E-state index in [2.05, 4.69) is 28.2 Å². The van der Waals surface area contributed by atoms with Crippen LogP contribution in [0.25, 0.3) is 0 Å². The van der Waals surface area contributed by atoms with E-state index < -0.39 is 0 Å². The van der Waals surface area contributed by atoms with Gasteiger partial charge < -0.3 is 10.1 Å². The van der Waals surface area contributed by atoms with E-state index in [9.17, 15) is 0 Å². The molecule has 1 aromatic rings. The van der Waals surface area contributed by atoms with Crippen LogP contribution in [0.5, 0.6) is 5.75 Å². The molecule has 1 aromatic carbocycles. The number of ether oxygens (including phenoxy) is 1. The van der Waals surface area contributed by atoms with Gasteiger partial charge in [0.2, 0.25) is 0 Å².